The summed E-state index contributed by atoms with van der Waals surface area (Å²) >= 11 is 3.34. The van der Waals surface area contributed by atoms with Crippen LogP contribution in [0.4, 0.5) is 5.82 Å². The standard InChI is InChI=1S/C18H20BrN3O2/c1-2-7-15(18(24)22-17-14(19)10-6-11-20-17)21-16(23)12-13-8-4-3-5-9-13/h3-6,8-11,15H,2,7,12H2,1H3,(H,21,23)(H,20,22,24)/t15-/m1/s1. The van der Waals surface area contributed by atoms with Gasteiger partial charge in [-0.25, -0.2) is 4.98 Å². The van der Waals surface area contributed by atoms with Crippen LogP contribution in [-0.2, 0) is 16.0 Å². The Morgan fingerprint density at radius 2 is 1.92 bits per heavy atom. The molecular formula is C18H20BrN3O2. The number of nitrogens with zero attached hydrogens (tertiary/aromatic N) is 1. The minimum absolute atomic E-state index is 0.171. The number of carbonyl (C=O) groups excluding carboxylic acids is 2. The second-order valence-corrected chi connectivity index (χ2v) is 6.25. The molecule has 6 heteroatoms. The van der Waals surface area contributed by atoms with Gasteiger partial charge in [0.1, 0.15) is 11.9 Å². The molecule has 126 valence electrons. The Bertz CT molecular complexity index is 692. The molecule has 0 aliphatic carbocycles. The number of benzene rings is 1. The zero-order chi connectivity index (χ0) is 17.4. The number of anilines is 1. The fourth-order valence-corrected chi connectivity index (χ4v) is 2.62. The highest BCUT2D eigenvalue weighted by Gasteiger charge is 2.21. The maximum Gasteiger partial charge on any atom is 0.248 e. The molecule has 0 aliphatic heterocycles. The predicted octanol–water partition coefficient (Wildman–Crippen LogP) is 3.31. The van der Waals surface area contributed by atoms with Crippen LogP contribution >= 0.6 is 15.9 Å². The Morgan fingerprint density at radius 3 is 2.58 bits per heavy atom. The summed E-state index contributed by atoms with van der Waals surface area (Å²) in [5.41, 5.74) is 0.915. The number of aromatic nitrogens is 1. The summed E-state index contributed by atoms with van der Waals surface area (Å²) in [5.74, 6) is 0.00783. The van der Waals surface area contributed by atoms with Crippen molar-refractivity contribution in [3.8, 4) is 0 Å². The molecule has 0 unspecified atom stereocenters. The van der Waals surface area contributed by atoms with Crippen LogP contribution in [0.2, 0.25) is 0 Å². The first-order valence-corrected chi connectivity index (χ1v) is 8.64. The topological polar surface area (TPSA) is 71.1 Å². The molecule has 2 rings (SSSR count). The van der Waals surface area contributed by atoms with Crippen molar-refractivity contribution in [3.63, 3.8) is 0 Å². The van der Waals surface area contributed by atoms with E-state index in [9.17, 15) is 9.59 Å². The van der Waals surface area contributed by atoms with Crippen LogP contribution in [0.15, 0.2) is 53.1 Å². The van der Waals surface area contributed by atoms with Crippen LogP contribution < -0.4 is 10.6 Å². The Balaban J connectivity index is 1.99. The molecule has 1 heterocycles. The second-order valence-electron chi connectivity index (χ2n) is 5.39. The van der Waals surface area contributed by atoms with Crippen molar-refractivity contribution in [2.75, 3.05) is 5.32 Å². The molecule has 5 nitrogen and oxygen atoms in total. The van der Waals surface area contributed by atoms with E-state index in [1.165, 1.54) is 0 Å². The molecular weight excluding hydrogens is 370 g/mol. The van der Waals surface area contributed by atoms with E-state index in [0.717, 1.165) is 12.0 Å². The van der Waals surface area contributed by atoms with Crippen molar-refractivity contribution >= 4 is 33.6 Å². The van der Waals surface area contributed by atoms with Gasteiger partial charge in [0, 0.05) is 6.20 Å². The zero-order valence-corrected chi connectivity index (χ0v) is 15.0. The van der Waals surface area contributed by atoms with Crippen molar-refractivity contribution in [2.45, 2.75) is 32.2 Å². The van der Waals surface area contributed by atoms with E-state index in [4.69, 9.17) is 0 Å². The molecule has 0 fully saturated rings. The summed E-state index contributed by atoms with van der Waals surface area (Å²) < 4.78 is 0.698. The first-order valence-electron chi connectivity index (χ1n) is 7.84. The van der Waals surface area contributed by atoms with Crippen LogP contribution in [0.25, 0.3) is 0 Å². The highest BCUT2D eigenvalue weighted by molar-refractivity contribution is 9.10. The lowest BCUT2D eigenvalue weighted by Crippen LogP contribution is -2.44. The number of hydrogen-bond acceptors (Lipinski definition) is 3. The molecule has 2 N–H and O–H groups in total. The average molecular weight is 390 g/mol. The monoisotopic (exact) mass is 389 g/mol. The summed E-state index contributed by atoms with van der Waals surface area (Å²) in [6, 6.07) is 12.4. The first kappa shape index (κ1) is 18.1. The van der Waals surface area contributed by atoms with Gasteiger partial charge >= 0.3 is 0 Å². The summed E-state index contributed by atoms with van der Waals surface area (Å²) in [4.78, 5) is 28.8. The number of hydrogen-bond donors (Lipinski definition) is 2. The lowest BCUT2D eigenvalue weighted by atomic mass is 10.1. The van der Waals surface area contributed by atoms with Gasteiger partial charge < -0.3 is 10.6 Å². The van der Waals surface area contributed by atoms with Crippen LogP contribution in [0.3, 0.4) is 0 Å². The third-order valence-corrected chi connectivity index (χ3v) is 4.08. The number of nitrogens with one attached hydrogen (secondary N) is 2. The molecule has 0 bridgehead atoms. The van der Waals surface area contributed by atoms with Gasteiger partial charge in [-0.15, -0.1) is 0 Å². The molecule has 1 aromatic carbocycles. The summed E-state index contributed by atoms with van der Waals surface area (Å²) in [6.07, 6.45) is 3.20. The lowest BCUT2D eigenvalue weighted by molar-refractivity contribution is -0.126. The normalized spacial score (nSPS) is 11.6. The van der Waals surface area contributed by atoms with E-state index in [1.807, 2.05) is 37.3 Å². The largest absolute Gasteiger partial charge is 0.344 e. The first-order chi connectivity index (χ1) is 11.6. The van der Waals surface area contributed by atoms with E-state index >= 15 is 0 Å². The van der Waals surface area contributed by atoms with Crippen LogP contribution in [0.5, 0.6) is 0 Å². The SMILES string of the molecule is CCC[C@@H](NC(=O)Cc1ccccc1)C(=O)Nc1ncccc1Br. The van der Waals surface area contributed by atoms with E-state index < -0.39 is 6.04 Å². The highest BCUT2D eigenvalue weighted by Crippen LogP contribution is 2.18. The Hall–Kier alpha value is -2.21. The lowest BCUT2D eigenvalue weighted by Gasteiger charge is -2.18. The molecule has 0 aliphatic rings. The molecule has 1 atom stereocenters. The maximum absolute atomic E-state index is 12.5. The van der Waals surface area contributed by atoms with Crippen LogP contribution in [0.1, 0.15) is 25.3 Å². The zero-order valence-electron chi connectivity index (χ0n) is 13.5. The molecule has 0 spiro atoms. The smallest absolute Gasteiger partial charge is 0.248 e. The summed E-state index contributed by atoms with van der Waals surface area (Å²) in [6.45, 7) is 1.97. The average Bonchev–Trinajstić information content (AvgIpc) is 2.57. The molecule has 2 amide bonds. The minimum Gasteiger partial charge on any atom is -0.344 e. The molecule has 2 aromatic rings. The fourth-order valence-electron chi connectivity index (χ4n) is 2.27. The van der Waals surface area contributed by atoms with Crippen molar-refractivity contribution in [3.05, 3.63) is 58.7 Å². The van der Waals surface area contributed by atoms with Gasteiger partial charge in [0.15, 0.2) is 0 Å². The third-order valence-electron chi connectivity index (χ3n) is 3.44. The van der Waals surface area contributed by atoms with E-state index in [-0.39, 0.29) is 18.2 Å². The Labute approximate surface area is 150 Å². The number of carbonyl (C=O) groups is 2. The highest BCUT2D eigenvalue weighted by atomic mass is 79.9. The van der Waals surface area contributed by atoms with Gasteiger partial charge in [-0.3, -0.25) is 9.59 Å². The van der Waals surface area contributed by atoms with E-state index in [1.54, 1.807) is 18.3 Å². The molecule has 0 radical (unpaired) electrons. The Morgan fingerprint density at radius 1 is 1.17 bits per heavy atom. The third kappa shape index (κ3) is 5.45. The summed E-state index contributed by atoms with van der Waals surface area (Å²) in [7, 11) is 0. The quantitative estimate of drug-likeness (QED) is 0.762. The van der Waals surface area contributed by atoms with Gasteiger partial charge in [0.25, 0.3) is 0 Å². The van der Waals surface area contributed by atoms with Gasteiger partial charge in [-0.2, -0.15) is 0 Å². The Kier molecular flexibility index (Phi) is 6.93. The van der Waals surface area contributed by atoms with Crippen LogP contribution in [-0.4, -0.2) is 22.8 Å². The van der Waals surface area contributed by atoms with Crippen molar-refractivity contribution in [1.82, 2.24) is 10.3 Å². The fraction of sp³-hybridized carbons (Fsp3) is 0.278. The van der Waals surface area contributed by atoms with Gasteiger partial charge in [-0.05, 0) is 40.0 Å². The molecule has 0 saturated heterocycles. The van der Waals surface area contributed by atoms with Gasteiger partial charge in [0.05, 0.1) is 10.9 Å². The molecule has 0 saturated carbocycles. The maximum atomic E-state index is 12.5. The van der Waals surface area contributed by atoms with Gasteiger partial charge in [0.2, 0.25) is 11.8 Å². The number of pyridine rings is 1. The van der Waals surface area contributed by atoms with Crippen molar-refractivity contribution in [2.24, 2.45) is 0 Å². The second kappa shape index (κ2) is 9.17. The van der Waals surface area contributed by atoms with Gasteiger partial charge in [-0.1, -0.05) is 43.7 Å². The number of halogens is 1. The molecule has 24 heavy (non-hydrogen) atoms. The van der Waals surface area contributed by atoms with Crippen LogP contribution in [0, 0.1) is 0 Å². The van der Waals surface area contributed by atoms with Crippen molar-refractivity contribution < 1.29 is 9.59 Å². The predicted molar refractivity (Wildman–Crippen MR) is 97.6 cm³/mol. The summed E-state index contributed by atoms with van der Waals surface area (Å²) in [5, 5.41) is 5.56. The van der Waals surface area contributed by atoms with E-state index in [0.29, 0.717) is 16.7 Å². The minimum atomic E-state index is -0.583. The number of amides is 2. The van der Waals surface area contributed by atoms with Crippen molar-refractivity contribution in [1.29, 1.82) is 0 Å². The molecule has 1 aromatic heterocycles. The number of rotatable bonds is 7. The van der Waals surface area contributed by atoms with E-state index in [2.05, 4.69) is 31.5 Å².